The highest BCUT2D eigenvalue weighted by molar-refractivity contribution is 5.78. The number of nitrogens with zero attached hydrogens (tertiary/aromatic N) is 6. The summed E-state index contributed by atoms with van der Waals surface area (Å²) in [6.45, 7) is 5.35. The first-order valence-electron chi connectivity index (χ1n) is 14.9. The average molecular weight is 636 g/mol. The number of alkyl halides is 3. The molecule has 0 spiro atoms. The van der Waals surface area contributed by atoms with E-state index in [0.29, 0.717) is 31.6 Å². The molecule has 0 unspecified atom stereocenters. The fraction of sp³-hybridized carbons (Fsp3) is 0.344. The number of hydrogen-bond donors (Lipinski definition) is 2. The summed E-state index contributed by atoms with van der Waals surface area (Å²) in [6.07, 6.45) is 3.11. The fourth-order valence-corrected chi connectivity index (χ4v) is 5.49. The summed E-state index contributed by atoms with van der Waals surface area (Å²) in [5.74, 6) is -0.804. The minimum Gasteiger partial charge on any atom is -0.475 e. The van der Waals surface area contributed by atoms with E-state index in [-0.39, 0.29) is 0 Å². The summed E-state index contributed by atoms with van der Waals surface area (Å²) in [5, 5.41) is 11.6. The number of halogens is 3. The summed E-state index contributed by atoms with van der Waals surface area (Å²) in [7, 11) is 0. The molecule has 2 N–H and O–H groups in total. The lowest BCUT2D eigenvalue weighted by atomic mass is 9.94. The van der Waals surface area contributed by atoms with Crippen LogP contribution in [0.3, 0.4) is 0 Å². The molecule has 0 radical (unpaired) electrons. The van der Waals surface area contributed by atoms with E-state index >= 15 is 0 Å². The number of fused-ring (bicyclic) bond motifs is 2. The zero-order chi connectivity index (χ0) is 32.1. The van der Waals surface area contributed by atoms with Gasteiger partial charge in [-0.25, -0.2) is 19.7 Å². The maximum absolute atomic E-state index is 10.6. The molecule has 2 aliphatic rings. The van der Waals surface area contributed by atoms with Crippen molar-refractivity contribution in [3.8, 4) is 17.1 Å². The zero-order valence-corrected chi connectivity index (χ0v) is 24.8. The van der Waals surface area contributed by atoms with Gasteiger partial charge in [0.2, 0.25) is 5.88 Å². The number of piperidine rings is 1. The van der Waals surface area contributed by atoms with Gasteiger partial charge >= 0.3 is 12.1 Å². The highest BCUT2D eigenvalue weighted by Crippen LogP contribution is 2.29. The number of morpholine rings is 1. The summed E-state index contributed by atoms with van der Waals surface area (Å²) in [5.41, 5.74) is 5.66. The third-order valence-electron chi connectivity index (χ3n) is 7.86. The number of anilines is 1. The van der Waals surface area contributed by atoms with Crippen molar-refractivity contribution in [2.45, 2.75) is 31.5 Å². The van der Waals surface area contributed by atoms with Crippen molar-refractivity contribution >= 4 is 28.3 Å². The number of aromatic nitrogens is 5. The quantitative estimate of drug-likeness (QED) is 0.267. The lowest BCUT2D eigenvalue weighted by Crippen LogP contribution is -2.37. The molecule has 5 aromatic rings. The van der Waals surface area contributed by atoms with Gasteiger partial charge in [0.15, 0.2) is 11.5 Å². The average Bonchev–Trinajstić information content (AvgIpc) is 3.52. The van der Waals surface area contributed by atoms with Gasteiger partial charge in [-0.2, -0.15) is 13.2 Å². The van der Waals surface area contributed by atoms with E-state index in [1.165, 1.54) is 0 Å². The van der Waals surface area contributed by atoms with Crippen LogP contribution in [0, 0.1) is 0 Å². The van der Waals surface area contributed by atoms with Gasteiger partial charge in [-0.15, -0.1) is 0 Å². The third-order valence-corrected chi connectivity index (χ3v) is 7.86. The maximum Gasteiger partial charge on any atom is 0.490 e. The van der Waals surface area contributed by atoms with Gasteiger partial charge < -0.3 is 24.8 Å². The first-order chi connectivity index (χ1) is 22.3. The number of carboxylic acid groups (broad SMARTS) is 1. The number of imidazole rings is 1. The molecule has 2 saturated heterocycles. The van der Waals surface area contributed by atoms with Gasteiger partial charge in [0.1, 0.15) is 6.61 Å². The van der Waals surface area contributed by atoms with E-state index in [9.17, 15) is 13.2 Å². The van der Waals surface area contributed by atoms with Gasteiger partial charge in [-0.3, -0.25) is 9.38 Å². The fourth-order valence-electron chi connectivity index (χ4n) is 5.49. The van der Waals surface area contributed by atoms with Crippen LogP contribution in [-0.4, -0.2) is 81.0 Å². The van der Waals surface area contributed by atoms with Crippen LogP contribution in [0.5, 0.6) is 5.88 Å². The number of para-hydroxylation sites is 1. The van der Waals surface area contributed by atoms with Crippen molar-refractivity contribution in [1.82, 2.24) is 29.7 Å². The van der Waals surface area contributed by atoms with E-state index < -0.39 is 12.1 Å². The number of benzene rings is 1. The van der Waals surface area contributed by atoms with Crippen molar-refractivity contribution in [3.05, 3.63) is 78.5 Å². The number of hydrogen-bond acceptors (Lipinski definition) is 9. The number of aliphatic carboxylic acids is 1. The lowest BCUT2D eigenvalue weighted by molar-refractivity contribution is -0.192. The predicted molar refractivity (Wildman–Crippen MR) is 164 cm³/mol. The monoisotopic (exact) mass is 635 g/mol. The van der Waals surface area contributed by atoms with Crippen molar-refractivity contribution < 1.29 is 32.5 Å². The van der Waals surface area contributed by atoms with Gasteiger partial charge in [0.25, 0.3) is 0 Å². The minimum atomic E-state index is -5.08. The molecule has 0 amide bonds. The molecule has 1 aromatic carbocycles. The molecule has 0 aliphatic carbocycles. The molecule has 6 heterocycles. The van der Waals surface area contributed by atoms with Crippen LogP contribution >= 0.6 is 0 Å². The Kier molecular flexibility index (Phi) is 9.26. The zero-order valence-electron chi connectivity index (χ0n) is 24.8. The number of ether oxygens (including phenoxy) is 2. The summed E-state index contributed by atoms with van der Waals surface area (Å²) in [6, 6.07) is 16.3. The van der Waals surface area contributed by atoms with Crippen LogP contribution in [-0.2, 0) is 16.1 Å². The second kappa shape index (κ2) is 13.7. The predicted octanol–water partition coefficient (Wildman–Crippen LogP) is 4.86. The molecule has 11 nitrogen and oxygen atoms in total. The van der Waals surface area contributed by atoms with Crippen LogP contribution in [0.2, 0.25) is 0 Å². The number of rotatable bonds is 6. The second-order valence-electron chi connectivity index (χ2n) is 10.9. The Morgan fingerprint density at radius 3 is 2.48 bits per heavy atom. The highest BCUT2D eigenvalue weighted by Gasteiger charge is 2.38. The SMILES string of the molecule is O=C(O)C(F)(F)F.c1ccc2nc(OCc3cn4c(-c5ccc(C6CCNCC6)nc5)cnc(N5CCOCC5)c4n3)ccc2c1. The molecule has 240 valence electrons. The first kappa shape index (κ1) is 31.2. The van der Waals surface area contributed by atoms with Gasteiger partial charge in [0.05, 0.1) is 36.3 Å². The van der Waals surface area contributed by atoms with Gasteiger partial charge in [-0.05, 0) is 50.2 Å². The number of carboxylic acids is 1. The number of pyridine rings is 2. The van der Waals surface area contributed by atoms with Gasteiger partial charge in [0, 0.05) is 54.1 Å². The molecule has 0 atom stereocenters. The molecule has 2 aliphatic heterocycles. The minimum absolute atomic E-state index is 0.307. The maximum atomic E-state index is 10.6. The smallest absolute Gasteiger partial charge is 0.475 e. The van der Waals surface area contributed by atoms with Crippen LogP contribution in [0.25, 0.3) is 27.8 Å². The van der Waals surface area contributed by atoms with Crippen molar-refractivity contribution in [2.24, 2.45) is 0 Å². The van der Waals surface area contributed by atoms with Crippen molar-refractivity contribution in [3.63, 3.8) is 0 Å². The Morgan fingerprint density at radius 2 is 1.76 bits per heavy atom. The highest BCUT2D eigenvalue weighted by atomic mass is 19.4. The molecule has 4 aromatic heterocycles. The Morgan fingerprint density at radius 1 is 1.00 bits per heavy atom. The van der Waals surface area contributed by atoms with Crippen molar-refractivity contribution in [2.75, 3.05) is 44.3 Å². The Bertz CT molecular complexity index is 1800. The van der Waals surface area contributed by atoms with E-state index in [1.54, 1.807) is 0 Å². The summed E-state index contributed by atoms with van der Waals surface area (Å²) in [4.78, 5) is 30.5. The van der Waals surface area contributed by atoms with E-state index in [1.807, 2.05) is 55.0 Å². The molecular weight excluding hydrogens is 603 g/mol. The largest absolute Gasteiger partial charge is 0.490 e. The Hall–Kier alpha value is -4.82. The lowest BCUT2D eigenvalue weighted by Gasteiger charge is -2.28. The number of carbonyl (C=O) groups is 1. The van der Waals surface area contributed by atoms with Crippen LogP contribution < -0.4 is 15.0 Å². The molecule has 14 heteroatoms. The molecule has 0 saturated carbocycles. The number of nitrogens with one attached hydrogen (secondary N) is 1. The first-order valence-corrected chi connectivity index (χ1v) is 14.9. The standard InChI is InChI=1S/C30H31N7O2.C2HF3O2/c1-2-4-26-21(3-1)6-8-28(35-26)39-20-24-19-37-27(18-33-29(30(37)34-24)36-13-15-38-16-14-36)23-5-7-25(32-17-23)22-9-11-31-12-10-22;3-2(4,5)1(6)7/h1-8,17-19,22,31H,9-16,20H2;(H,6,7). The van der Waals surface area contributed by atoms with Crippen LogP contribution in [0.15, 0.2) is 67.1 Å². The normalized spacial score (nSPS) is 15.8. The molecule has 2 fully saturated rings. The summed E-state index contributed by atoms with van der Waals surface area (Å²) >= 11 is 0. The second-order valence-corrected chi connectivity index (χ2v) is 10.9. The van der Waals surface area contributed by atoms with E-state index in [0.717, 1.165) is 84.0 Å². The van der Waals surface area contributed by atoms with Crippen molar-refractivity contribution in [1.29, 1.82) is 0 Å². The molecule has 46 heavy (non-hydrogen) atoms. The van der Waals surface area contributed by atoms with Gasteiger partial charge in [-0.1, -0.05) is 18.2 Å². The Balaban J connectivity index is 0.000000480. The molecule has 0 bridgehead atoms. The summed E-state index contributed by atoms with van der Waals surface area (Å²) < 4.78 is 45.5. The van der Waals surface area contributed by atoms with E-state index in [2.05, 4.69) is 31.7 Å². The van der Waals surface area contributed by atoms with E-state index in [4.69, 9.17) is 34.3 Å². The molecular formula is C32H32F3N7O4. The van der Waals surface area contributed by atoms with Crippen LogP contribution in [0.1, 0.15) is 30.1 Å². The van der Waals surface area contributed by atoms with Crippen LogP contribution in [0.4, 0.5) is 19.0 Å². The topological polar surface area (TPSA) is 127 Å². The Labute approximate surface area is 262 Å². The molecule has 7 rings (SSSR count). The third kappa shape index (κ3) is 7.18.